The molecule has 2 aromatic rings. The summed E-state index contributed by atoms with van der Waals surface area (Å²) in [6.45, 7) is 0.738. The molecular weight excluding hydrogens is 224 g/mol. The quantitative estimate of drug-likeness (QED) is 0.714. The number of H-pyrrole nitrogens is 1. The number of para-hydroxylation sites is 1. The molecule has 16 heavy (non-hydrogen) atoms. The molecule has 0 saturated carbocycles. The summed E-state index contributed by atoms with van der Waals surface area (Å²) in [5, 5.41) is 3.84. The molecule has 0 saturated heterocycles. The third-order valence-corrected chi connectivity index (χ3v) is 2.58. The van der Waals surface area contributed by atoms with E-state index in [4.69, 9.17) is 17.3 Å². The van der Waals surface area contributed by atoms with Gasteiger partial charge in [-0.05, 0) is 12.1 Å². The summed E-state index contributed by atoms with van der Waals surface area (Å²) >= 11 is 6.02. The molecule has 4 nitrogen and oxygen atoms in total. The van der Waals surface area contributed by atoms with E-state index >= 15 is 0 Å². The molecule has 84 valence electrons. The lowest BCUT2D eigenvalue weighted by Gasteiger charge is -2.10. The lowest BCUT2D eigenvalue weighted by molar-refractivity contribution is 0.928. The van der Waals surface area contributed by atoms with E-state index in [-0.39, 0.29) is 0 Å². The van der Waals surface area contributed by atoms with Crippen LogP contribution in [0.3, 0.4) is 0 Å². The van der Waals surface area contributed by atoms with Gasteiger partial charge in [-0.1, -0.05) is 17.7 Å². The number of hydrogen-bond donors (Lipinski definition) is 3. The van der Waals surface area contributed by atoms with Crippen molar-refractivity contribution in [1.82, 2.24) is 9.97 Å². The number of halogens is 1. The number of hydrogen-bond acceptors (Lipinski definition) is 3. The van der Waals surface area contributed by atoms with Crippen LogP contribution in [0, 0.1) is 0 Å². The molecule has 1 heterocycles. The number of nitrogen functional groups attached to an aromatic ring is 1. The van der Waals surface area contributed by atoms with Gasteiger partial charge in [0.1, 0.15) is 5.82 Å². The number of nitrogens with two attached hydrogens (primary N) is 1. The van der Waals surface area contributed by atoms with E-state index in [0.717, 1.165) is 24.5 Å². The van der Waals surface area contributed by atoms with E-state index in [2.05, 4.69) is 15.3 Å². The first-order valence-corrected chi connectivity index (χ1v) is 5.41. The first-order chi connectivity index (χ1) is 7.77. The van der Waals surface area contributed by atoms with Gasteiger partial charge in [-0.15, -0.1) is 0 Å². The maximum atomic E-state index is 6.02. The molecule has 4 N–H and O–H groups in total. The van der Waals surface area contributed by atoms with Crippen LogP contribution in [0.4, 0.5) is 11.4 Å². The largest absolute Gasteiger partial charge is 0.397 e. The topological polar surface area (TPSA) is 66.7 Å². The van der Waals surface area contributed by atoms with Gasteiger partial charge in [-0.2, -0.15) is 0 Å². The second kappa shape index (κ2) is 4.90. The van der Waals surface area contributed by atoms with Crippen LogP contribution in [-0.4, -0.2) is 16.5 Å². The fourth-order valence-corrected chi connectivity index (χ4v) is 1.72. The molecule has 0 unspecified atom stereocenters. The number of aromatic amines is 1. The molecule has 0 aliphatic rings. The highest BCUT2D eigenvalue weighted by molar-refractivity contribution is 6.33. The van der Waals surface area contributed by atoms with Gasteiger partial charge in [0, 0.05) is 25.4 Å². The average molecular weight is 237 g/mol. The number of nitrogens with zero attached hydrogens (tertiary/aromatic N) is 1. The summed E-state index contributed by atoms with van der Waals surface area (Å²) in [5.74, 6) is 0.943. The highest BCUT2D eigenvalue weighted by Crippen LogP contribution is 2.27. The van der Waals surface area contributed by atoms with Gasteiger partial charge in [-0.3, -0.25) is 0 Å². The fourth-order valence-electron chi connectivity index (χ4n) is 1.47. The van der Waals surface area contributed by atoms with Crippen molar-refractivity contribution < 1.29 is 0 Å². The van der Waals surface area contributed by atoms with E-state index < -0.39 is 0 Å². The molecule has 1 aromatic heterocycles. The van der Waals surface area contributed by atoms with E-state index in [1.54, 1.807) is 12.4 Å². The second-order valence-electron chi connectivity index (χ2n) is 3.42. The third-order valence-electron chi connectivity index (χ3n) is 2.26. The average Bonchev–Trinajstić information content (AvgIpc) is 2.75. The number of anilines is 2. The van der Waals surface area contributed by atoms with Gasteiger partial charge in [0.05, 0.1) is 16.4 Å². The normalized spacial score (nSPS) is 10.3. The lowest BCUT2D eigenvalue weighted by Crippen LogP contribution is -2.08. The predicted molar refractivity (Wildman–Crippen MR) is 66.6 cm³/mol. The Morgan fingerprint density at radius 3 is 3.00 bits per heavy atom. The number of benzene rings is 1. The van der Waals surface area contributed by atoms with E-state index in [1.807, 2.05) is 18.2 Å². The molecule has 2 rings (SSSR count). The summed E-state index contributed by atoms with van der Waals surface area (Å²) < 4.78 is 0. The van der Waals surface area contributed by atoms with Gasteiger partial charge < -0.3 is 16.0 Å². The molecule has 0 radical (unpaired) electrons. The highest BCUT2D eigenvalue weighted by atomic mass is 35.5. The summed E-state index contributed by atoms with van der Waals surface area (Å²) in [5.41, 5.74) is 7.26. The summed E-state index contributed by atoms with van der Waals surface area (Å²) in [6.07, 6.45) is 4.34. The van der Waals surface area contributed by atoms with Crippen molar-refractivity contribution in [2.45, 2.75) is 6.42 Å². The van der Waals surface area contributed by atoms with Crippen LogP contribution in [-0.2, 0) is 6.42 Å². The molecular formula is C11H13ClN4. The van der Waals surface area contributed by atoms with Crippen LogP contribution < -0.4 is 11.1 Å². The number of rotatable bonds is 4. The Kier molecular flexibility index (Phi) is 3.31. The minimum atomic E-state index is 0.638. The first kappa shape index (κ1) is 10.8. The smallest absolute Gasteiger partial charge is 0.107 e. The molecule has 0 fully saturated rings. The van der Waals surface area contributed by atoms with Crippen molar-refractivity contribution >= 4 is 23.0 Å². The number of nitrogens with one attached hydrogen (secondary N) is 2. The Labute approximate surface area is 98.8 Å². The van der Waals surface area contributed by atoms with Crippen LogP contribution in [0.15, 0.2) is 30.6 Å². The van der Waals surface area contributed by atoms with Crippen molar-refractivity contribution in [3.05, 3.63) is 41.4 Å². The van der Waals surface area contributed by atoms with Crippen molar-refractivity contribution in [3.8, 4) is 0 Å². The van der Waals surface area contributed by atoms with Crippen molar-refractivity contribution in [1.29, 1.82) is 0 Å². The van der Waals surface area contributed by atoms with Gasteiger partial charge in [-0.25, -0.2) is 4.98 Å². The van der Waals surface area contributed by atoms with Crippen LogP contribution in [0.5, 0.6) is 0 Å². The molecule has 0 aliphatic heterocycles. The molecule has 1 aromatic carbocycles. The molecule has 0 aliphatic carbocycles. The zero-order chi connectivity index (χ0) is 11.4. The molecule has 0 bridgehead atoms. The Hall–Kier alpha value is -1.68. The Bertz CT molecular complexity index is 433. The standard InChI is InChI=1S/C11H13ClN4/c12-8-2-1-3-9(13)11(8)16-5-4-10-14-6-7-15-10/h1-3,6-7,16H,4-5,13H2,(H,14,15). The van der Waals surface area contributed by atoms with E-state index in [1.165, 1.54) is 0 Å². The molecule has 0 amide bonds. The van der Waals surface area contributed by atoms with E-state index in [0.29, 0.717) is 10.7 Å². The second-order valence-corrected chi connectivity index (χ2v) is 3.82. The number of imidazole rings is 1. The first-order valence-electron chi connectivity index (χ1n) is 5.03. The zero-order valence-electron chi connectivity index (χ0n) is 8.70. The van der Waals surface area contributed by atoms with Crippen molar-refractivity contribution in [3.63, 3.8) is 0 Å². The molecule has 5 heteroatoms. The minimum Gasteiger partial charge on any atom is -0.397 e. The van der Waals surface area contributed by atoms with Crippen LogP contribution in [0.25, 0.3) is 0 Å². The van der Waals surface area contributed by atoms with Crippen molar-refractivity contribution in [2.24, 2.45) is 0 Å². The lowest BCUT2D eigenvalue weighted by atomic mass is 10.2. The fraction of sp³-hybridized carbons (Fsp3) is 0.182. The number of aromatic nitrogens is 2. The Morgan fingerprint density at radius 2 is 2.31 bits per heavy atom. The predicted octanol–water partition coefficient (Wildman–Crippen LogP) is 2.30. The van der Waals surface area contributed by atoms with Crippen LogP contribution >= 0.6 is 11.6 Å². The summed E-state index contributed by atoms with van der Waals surface area (Å²) in [7, 11) is 0. The van der Waals surface area contributed by atoms with Gasteiger partial charge >= 0.3 is 0 Å². The maximum Gasteiger partial charge on any atom is 0.107 e. The van der Waals surface area contributed by atoms with E-state index in [9.17, 15) is 0 Å². The third kappa shape index (κ3) is 2.46. The highest BCUT2D eigenvalue weighted by Gasteiger charge is 2.03. The zero-order valence-corrected chi connectivity index (χ0v) is 9.46. The van der Waals surface area contributed by atoms with Crippen LogP contribution in [0.2, 0.25) is 5.02 Å². The van der Waals surface area contributed by atoms with Gasteiger partial charge in [0.25, 0.3) is 0 Å². The molecule has 0 spiro atoms. The Balaban J connectivity index is 1.95. The van der Waals surface area contributed by atoms with Crippen LogP contribution in [0.1, 0.15) is 5.82 Å². The summed E-state index contributed by atoms with van der Waals surface area (Å²) in [6, 6.07) is 5.46. The maximum absolute atomic E-state index is 6.02. The van der Waals surface area contributed by atoms with Crippen molar-refractivity contribution in [2.75, 3.05) is 17.6 Å². The Morgan fingerprint density at radius 1 is 1.44 bits per heavy atom. The molecule has 0 atom stereocenters. The monoisotopic (exact) mass is 236 g/mol. The van der Waals surface area contributed by atoms with Gasteiger partial charge in [0.2, 0.25) is 0 Å². The summed E-state index contributed by atoms with van der Waals surface area (Å²) in [4.78, 5) is 7.17. The SMILES string of the molecule is Nc1cccc(Cl)c1NCCc1ncc[nH]1. The minimum absolute atomic E-state index is 0.638. The van der Waals surface area contributed by atoms with Gasteiger partial charge in [0.15, 0.2) is 0 Å².